The Morgan fingerprint density at radius 1 is 0.846 bits per heavy atom. The third-order valence-electron chi connectivity index (χ3n) is 5.18. The smallest absolute Gasteiger partial charge is 0.161 e. The zero-order valence-corrected chi connectivity index (χ0v) is 15.5. The second-order valence-electron chi connectivity index (χ2n) is 6.71. The lowest BCUT2D eigenvalue weighted by atomic mass is 9.96. The molecule has 0 amide bonds. The first kappa shape index (κ1) is 17.0. The summed E-state index contributed by atoms with van der Waals surface area (Å²) in [6, 6.07) is 30.0. The van der Waals surface area contributed by atoms with Crippen LogP contribution in [0.2, 0.25) is 0 Å². The van der Waals surface area contributed by atoms with Crippen molar-refractivity contribution in [1.82, 2.24) is 5.32 Å². The van der Waals surface area contributed by atoms with Crippen LogP contribution in [0.5, 0.6) is 0 Å². The molecule has 0 aliphatic carbocycles. The molecule has 0 unspecified atom stereocenters. The lowest BCUT2D eigenvalue weighted by molar-refractivity contribution is 0.581. The van der Waals surface area contributed by atoms with Gasteiger partial charge in [0.25, 0.3) is 0 Å². The van der Waals surface area contributed by atoms with Gasteiger partial charge in [0.05, 0.1) is 11.3 Å². The maximum absolute atomic E-state index is 14.5. The van der Waals surface area contributed by atoms with Crippen LogP contribution in [0.4, 0.5) is 0 Å². The molecule has 2 atom stereocenters. The topological polar surface area (TPSA) is 39.0 Å². The van der Waals surface area contributed by atoms with E-state index in [2.05, 4.69) is 24.0 Å². The van der Waals surface area contributed by atoms with E-state index in [9.17, 15) is 4.57 Å². The summed E-state index contributed by atoms with van der Waals surface area (Å²) >= 11 is 0. The van der Waals surface area contributed by atoms with E-state index in [-0.39, 0.29) is 11.3 Å². The molecule has 3 heteroatoms. The van der Waals surface area contributed by atoms with Gasteiger partial charge in [-0.05, 0) is 12.0 Å². The Hall–Kier alpha value is -2.41. The first-order valence-electron chi connectivity index (χ1n) is 8.87. The van der Waals surface area contributed by atoms with Gasteiger partial charge in [0.15, 0.2) is 7.14 Å². The van der Waals surface area contributed by atoms with Gasteiger partial charge in [-0.25, -0.2) is 0 Å². The molecule has 1 aliphatic heterocycles. The van der Waals surface area contributed by atoms with Gasteiger partial charge in [0.1, 0.15) is 0 Å². The Balaban J connectivity index is 1.87. The van der Waals surface area contributed by atoms with Crippen LogP contribution in [-0.2, 0) is 10.1 Å². The van der Waals surface area contributed by atoms with Crippen LogP contribution in [0.3, 0.4) is 0 Å². The molecule has 3 aromatic carbocycles. The molecule has 1 fully saturated rings. The first-order chi connectivity index (χ1) is 12.7. The summed E-state index contributed by atoms with van der Waals surface area (Å²) in [6.45, 7) is 3.94. The van der Waals surface area contributed by atoms with Crippen LogP contribution < -0.4 is 15.9 Å². The molecule has 3 aromatic rings. The summed E-state index contributed by atoms with van der Waals surface area (Å²) in [4.78, 5) is 0. The van der Waals surface area contributed by atoms with Crippen molar-refractivity contribution in [2.24, 2.45) is 0 Å². The highest BCUT2D eigenvalue weighted by atomic mass is 31.2. The van der Waals surface area contributed by atoms with Crippen LogP contribution in [0.15, 0.2) is 104 Å². The number of rotatable bonds is 6. The molecular weight excluding hydrogens is 337 g/mol. The lowest BCUT2D eigenvalue weighted by Crippen LogP contribution is -2.24. The molecule has 0 aromatic heterocycles. The highest BCUT2D eigenvalue weighted by Gasteiger charge is 2.63. The van der Waals surface area contributed by atoms with Gasteiger partial charge in [-0.2, -0.15) is 0 Å². The third-order valence-corrected chi connectivity index (χ3v) is 8.60. The molecule has 26 heavy (non-hydrogen) atoms. The molecule has 4 rings (SSSR count). The maximum Gasteiger partial charge on any atom is 0.161 e. The number of hydrogen-bond donors (Lipinski definition) is 1. The van der Waals surface area contributed by atoms with E-state index in [4.69, 9.17) is 0 Å². The summed E-state index contributed by atoms with van der Waals surface area (Å²) in [5.74, 6) is -0.139. The minimum atomic E-state index is -2.86. The second kappa shape index (κ2) is 6.72. The average molecular weight is 359 g/mol. The monoisotopic (exact) mass is 359 g/mol. The van der Waals surface area contributed by atoms with Crippen LogP contribution in [0, 0.1) is 0 Å². The normalized spacial score (nSPS) is 21.9. The molecular formula is C23H22NOP. The van der Waals surface area contributed by atoms with Crippen molar-refractivity contribution in [2.45, 2.75) is 17.7 Å². The van der Waals surface area contributed by atoms with Crippen molar-refractivity contribution in [3.63, 3.8) is 0 Å². The lowest BCUT2D eigenvalue weighted by Gasteiger charge is -2.22. The number of hydrogen-bond acceptors (Lipinski definition) is 2. The van der Waals surface area contributed by atoms with Gasteiger partial charge in [-0.15, -0.1) is 6.58 Å². The quantitative estimate of drug-likeness (QED) is 0.402. The van der Waals surface area contributed by atoms with Crippen LogP contribution in [0.25, 0.3) is 0 Å². The minimum absolute atomic E-state index is 0.139. The molecule has 1 aliphatic rings. The van der Waals surface area contributed by atoms with Crippen molar-refractivity contribution >= 4 is 17.8 Å². The van der Waals surface area contributed by atoms with Crippen LogP contribution in [-0.4, -0.2) is 5.78 Å². The van der Waals surface area contributed by atoms with Crippen LogP contribution >= 0.6 is 7.14 Å². The average Bonchev–Trinajstić information content (AvgIpc) is 3.46. The Morgan fingerprint density at radius 3 is 1.77 bits per heavy atom. The zero-order valence-electron chi connectivity index (χ0n) is 14.6. The second-order valence-corrected chi connectivity index (χ2v) is 9.57. The molecule has 130 valence electrons. The van der Waals surface area contributed by atoms with E-state index in [0.29, 0.717) is 0 Å². The Labute approximate surface area is 155 Å². The molecule has 1 saturated heterocycles. The van der Waals surface area contributed by atoms with E-state index in [0.717, 1.165) is 22.6 Å². The Kier molecular flexibility index (Phi) is 4.40. The summed E-state index contributed by atoms with van der Waals surface area (Å²) in [5.41, 5.74) is 0.835. The summed E-state index contributed by atoms with van der Waals surface area (Å²) in [6.07, 6.45) is 2.66. The minimum Gasteiger partial charge on any atom is -0.312 e. The fourth-order valence-electron chi connectivity index (χ4n) is 3.84. The van der Waals surface area contributed by atoms with Crippen LogP contribution in [0.1, 0.15) is 12.0 Å². The molecule has 0 spiro atoms. The molecule has 1 heterocycles. The number of benzene rings is 3. The summed E-state index contributed by atoms with van der Waals surface area (Å²) < 4.78 is 14.5. The predicted molar refractivity (Wildman–Crippen MR) is 110 cm³/mol. The van der Waals surface area contributed by atoms with E-state index in [1.54, 1.807) is 0 Å². The maximum atomic E-state index is 14.5. The van der Waals surface area contributed by atoms with Gasteiger partial charge in [0.2, 0.25) is 0 Å². The van der Waals surface area contributed by atoms with Crippen molar-refractivity contribution in [1.29, 1.82) is 0 Å². The van der Waals surface area contributed by atoms with Gasteiger partial charge in [0, 0.05) is 10.6 Å². The predicted octanol–water partition coefficient (Wildman–Crippen LogP) is 4.40. The summed E-state index contributed by atoms with van der Waals surface area (Å²) in [7, 11) is -2.86. The fourth-order valence-corrected chi connectivity index (χ4v) is 7.25. The van der Waals surface area contributed by atoms with E-state index in [1.807, 2.05) is 84.9 Å². The van der Waals surface area contributed by atoms with E-state index >= 15 is 0 Å². The molecule has 1 N–H and O–H groups in total. The molecule has 0 radical (unpaired) electrons. The van der Waals surface area contributed by atoms with Crippen molar-refractivity contribution in [2.75, 3.05) is 0 Å². The Bertz CT molecular complexity index is 896. The fraction of sp³-hybridized carbons (Fsp3) is 0.130. The van der Waals surface area contributed by atoms with Crippen molar-refractivity contribution < 1.29 is 4.57 Å². The standard InChI is InChI=1S/C23H22NOP/c1-2-18-23(19-12-6-3-7-13-19)22(24-23)26(25,20-14-8-4-9-15-20)21-16-10-5-11-17-21/h2-17,22,24H,1,18H2/t22-,23+/m0/s1. The summed E-state index contributed by atoms with van der Waals surface area (Å²) in [5, 5.41) is 5.39. The third kappa shape index (κ3) is 2.67. The zero-order chi connectivity index (χ0) is 18.0. The van der Waals surface area contributed by atoms with Gasteiger partial charge in [-0.3, -0.25) is 5.32 Å². The first-order valence-corrected chi connectivity index (χ1v) is 10.6. The number of nitrogens with one attached hydrogen (secondary N) is 1. The largest absolute Gasteiger partial charge is 0.312 e. The Morgan fingerprint density at radius 2 is 1.31 bits per heavy atom. The van der Waals surface area contributed by atoms with E-state index in [1.165, 1.54) is 0 Å². The molecule has 2 nitrogen and oxygen atoms in total. The highest BCUT2D eigenvalue weighted by molar-refractivity contribution is 7.79. The van der Waals surface area contributed by atoms with Crippen molar-refractivity contribution in [3.05, 3.63) is 109 Å². The molecule has 0 bridgehead atoms. The van der Waals surface area contributed by atoms with E-state index < -0.39 is 7.14 Å². The van der Waals surface area contributed by atoms with Gasteiger partial charge >= 0.3 is 0 Å². The van der Waals surface area contributed by atoms with Gasteiger partial charge < -0.3 is 4.57 Å². The van der Waals surface area contributed by atoms with Gasteiger partial charge in [-0.1, -0.05) is 97.1 Å². The van der Waals surface area contributed by atoms with Crippen molar-refractivity contribution in [3.8, 4) is 0 Å². The highest BCUT2D eigenvalue weighted by Crippen LogP contribution is 2.62. The SMILES string of the molecule is C=CC[C@]1(c2ccccc2)N[C@H]1P(=O)(c1ccccc1)c1ccccc1. The molecule has 0 saturated carbocycles.